The van der Waals surface area contributed by atoms with Crippen LogP contribution in [0, 0.1) is 0 Å². The minimum Gasteiger partial charge on any atom is -0.299 e. The molecule has 4 rings (SSSR count). The van der Waals surface area contributed by atoms with Crippen molar-refractivity contribution in [2.45, 2.75) is 25.3 Å². The first kappa shape index (κ1) is 15.0. The van der Waals surface area contributed by atoms with Crippen molar-refractivity contribution in [3.63, 3.8) is 0 Å². The van der Waals surface area contributed by atoms with Gasteiger partial charge in [0.05, 0.1) is 0 Å². The number of nitrogens with one attached hydrogen (secondary N) is 1. The maximum Gasteiger partial charge on any atom is 0.218 e. The van der Waals surface area contributed by atoms with Crippen molar-refractivity contribution in [2.75, 3.05) is 13.1 Å². The van der Waals surface area contributed by atoms with Crippen molar-refractivity contribution in [1.29, 1.82) is 0 Å². The lowest BCUT2D eigenvalue weighted by Crippen LogP contribution is -2.32. The minimum atomic E-state index is 0.432. The molecule has 1 aromatic carbocycles. The van der Waals surface area contributed by atoms with Gasteiger partial charge in [-0.3, -0.25) is 10.00 Å². The van der Waals surface area contributed by atoms with Crippen LogP contribution in [-0.4, -0.2) is 43.1 Å². The van der Waals surface area contributed by atoms with Gasteiger partial charge in [0.1, 0.15) is 5.82 Å². The smallest absolute Gasteiger partial charge is 0.218 e. The predicted molar refractivity (Wildman–Crippen MR) is 91.1 cm³/mol. The summed E-state index contributed by atoms with van der Waals surface area (Å²) in [5.41, 5.74) is 1.37. The maximum atomic E-state index is 4.60. The van der Waals surface area contributed by atoms with E-state index in [9.17, 15) is 0 Å². The number of aromatic amines is 1. The molecule has 1 N–H and O–H groups in total. The lowest BCUT2D eigenvalue weighted by molar-refractivity contribution is 0.202. The van der Waals surface area contributed by atoms with E-state index in [2.05, 4.69) is 60.4 Å². The van der Waals surface area contributed by atoms with Crippen molar-refractivity contribution in [2.24, 2.45) is 0 Å². The van der Waals surface area contributed by atoms with Gasteiger partial charge >= 0.3 is 0 Å². The Morgan fingerprint density at radius 2 is 1.71 bits per heavy atom. The molecule has 1 aliphatic rings. The Morgan fingerprint density at radius 3 is 2.46 bits per heavy atom. The van der Waals surface area contributed by atoms with E-state index in [1.807, 2.05) is 0 Å². The van der Waals surface area contributed by atoms with Gasteiger partial charge in [0, 0.05) is 24.9 Å². The van der Waals surface area contributed by atoms with Crippen LogP contribution >= 0.6 is 0 Å². The Morgan fingerprint density at radius 1 is 0.958 bits per heavy atom. The number of benzene rings is 1. The molecule has 122 valence electrons. The van der Waals surface area contributed by atoms with E-state index in [1.54, 1.807) is 18.5 Å². The second kappa shape index (κ2) is 6.88. The number of hydrogen-bond donors (Lipinski definition) is 1. The molecule has 6 nitrogen and oxygen atoms in total. The van der Waals surface area contributed by atoms with E-state index < -0.39 is 0 Å². The normalized spacial score (nSPS) is 16.3. The van der Waals surface area contributed by atoms with E-state index in [0.29, 0.717) is 17.6 Å². The van der Waals surface area contributed by atoms with Crippen molar-refractivity contribution >= 4 is 0 Å². The number of hydrogen-bond acceptors (Lipinski definition) is 5. The van der Waals surface area contributed by atoms with Gasteiger partial charge < -0.3 is 0 Å². The van der Waals surface area contributed by atoms with Crippen LogP contribution in [0.2, 0.25) is 0 Å². The van der Waals surface area contributed by atoms with Crippen LogP contribution < -0.4 is 0 Å². The molecular formula is C18H20N6. The Kier molecular flexibility index (Phi) is 4.29. The topological polar surface area (TPSA) is 70.6 Å². The summed E-state index contributed by atoms with van der Waals surface area (Å²) in [6.07, 6.45) is 5.61. The highest BCUT2D eigenvalue weighted by Gasteiger charge is 2.23. The molecule has 0 aliphatic carbocycles. The number of likely N-dealkylation sites (tertiary alicyclic amines) is 1. The summed E-state index contributed by atoms with van der Waals surface area (Å²) in [5.74, 6) is 2.54. The average molecular weight is 320 g/mol. The van der Waals surface area contributed by atoms with Gasteiger partial charge in [0.15, 0.2) is 5.82 Å². The summed E-state index contributed by atoms with van der Waals surface area (Å²) in [6.45, 7) is 3.18. The van der Waals surface area contributed by atoms with Gasteiger partial charge in [-0.1, -0.05) is 30.3 Å². The lowest BCUT2D eigenvalue weighted by Gasteiger charge is -2.30. The quantitative estimate of drug-likeness (QED) is 0.800. The highest BCUT2D eigenvalue weighted by Crippen LogP contribution is 2.27. The monoisotopic (exact) mass is 320 g/mol. The van der Waals surface area contributed by atoms with Crippen LogP contribution in [0.5, 0.6) is 0 Å². The third-order valence-corrected chi connectivity index (χ3v) is 4.49. The Balaban J connectivity index is 1.37. The SMILES string of the molecule is c1ccc(CN2CCC(c3nc(-c4ncccn4)n[nH]3)CC2)cc1. The fraction of sp³-hybridized carbons (Fsp3) is 0.333. The summed E-state index contributed by atoms with van der Waals surface area (Å²) in [4.78, 5) is 15.5. The highest BCUT2D eigenvalue weighted by atomic mass is 15.2. The van der Waals surface area contributed by atoms with Crippen molar-refractivity contribution < 1.29 is 0 Å². The summed E-state index contributed by atoms with van der Waals surface area (Å²) in [7, 11) is 0. The van der Waals surface area contributed by atoms with E-state index >= 15 is 0 Å². The molecule has 2 aromatic heterocycles. The molecule has 3 heterocycles. The van der Waals surface area contributed by atoms with Gasteiger partial charge in [-0.2, -0.15) is 0 Å². The van der Waals surface area contributed by atoms with Gasteiger partial charge in [-0.05, 0) is 37.6 Å². The molecule has 0 unspecified atom stereocenters. The van der Waals surface area contributed by atoms with Gasteiger partial charge in [-0.15, -0.1) is 5.10 Å². The zero-order valence-corrected chi connectivity index (χ0v) is 13.5. The van der Waals surface area contributed by atoms with Crippen molar-refractivity contribution in [1.82, 2.24) is 30.0 Å². The van der Waals surface area contributed by atoms with Gasteiger partial charge in [0.25, 0.3) is 0 Å². The fourth-order valence-electron chi connectivity index (χ4n) is 3.18. The van der Waals surface area contributed by atoms with Crippen LogP contribution in [-0.2, 0) is 6.54 Å². The number of aromatic nitrogens is 5. The summed E-state index contributed by atoms with van der Waals surface area (Å²) in [5, 5.41) is 7.35. The van der Waals surface area contributed by atoms with E-state index in [0.717, 1.165) is 38.3 Å². The molecule has 0 amide bonds. The first-order valence-corrected chi connectivity index (χ1v) is 8.34. The number of nitrogens with zero attached hydrogens (tertiary/aromatic N) is 5. The second-order valence-corrected chi connectivity index (χ2v) is 6.15. The van der Waals surface area contributed by atoms with Crippen LogP contribution in [0.1, 0.15) is 30.1 Å². The largest absolute Gasteiger partial charge is 0.299 e. The van der Waals surface area contributed by atoms with Crippen LogP contribution in [0.25, 0.3) is 11.6 Å². The first-order chi connectivity index (χ1) is 11.9. The third kappa shape index (κ3) is 3.33. The van der Waals surface area contributed by atoms with Gasteiger partial charge in [-0.25, -0.2) is 15.0 Å². The second-order valence-electron chi connectivity index (χ2n) is 6.15. The number of H-pyrrole nitrogens is 1. The summed E-state index contributed by atoms with van der Waals surface area (Å²) < 4.78 is 0. The standard InChI is InChI=1S/C18H20N6/c1-2-5-14(6-3-1)13-24-11-7-15(8-12-24)16-21-18(23-22-16)17-19-9-4-10-20-17/h1-6,9-10,15H,7-8,11-13H2,(H,21,22,23). The summed E-state index contributed by atoms with van der Waals surface area (Å²) in [6, 6.07) is 12.4. The van der Waals surface area contributed by atoms with Crippen LogP contribution in [0.3, 0.4) is 0 Å². The fourth-order valence-corrected chi connectivity index (χ4v) is 3.18. The van der Waals surface area contributed by atoms with Crippen LogP contribution in [0.15, 0.2) is 48.8 Å². The molecule has 1 saturated heterocycles. The molecule has 0 radical (unpaired) electrons. The Hall–Kier alpha value is -2.60. The predicted octanol–water partition coefficient (Wildman–Crippen LogP) is 2.64. The third-order valence-electron chi connectivity index (χ3n) is 4.49. The molecule has 3 aromatic rings. The van der Waals surface area contributed by atoms with Crippen molar-refractivity contribution in [3.8, 4) is 11.6 Å². The number of rotatable bonds is 4. The molecule has 0 saturated carbocycles. The Labute approximate surface area is 141 Å². The minimum absolute atomic E-state index is 0.432. The van der Waals surface area contributed by atoms with Crippen LogP contribution in [0.4, 0.5) is 0 Å². The highest BCUT2D eigenvalue weighted by molar-refractivity contribution is 5.41. The molecule has 24 heavy (non-hydrogen) atoms. The van der Waals surface area contributed by atoms with Gasteiger partial charge in [0.2, 0.25) is 5.82 Å². The summed E-state index contributed by atoms with van der Waals surface area (Å²) >= 11 is 0. The lowest BCUT2D eigenvalue weighted by atomic mass is 9.96. The molecular weight excluding hydrogens is 300 g/mol. The van der Waals surface area contributed by atoms with Crippen molar-refractivity contribution in [3.05, 3.63) is 60.2 Å². The van der Waals surface area contributed by atoms with E-state index in [4.69, 9.17) is 0 Å². The molecule has 1 aliphatic heterocycles. The molecule has 0 atom stereocenters. The average Bonchev–Trinajstić information content (AvgIpc) is 3.14. The van der Waals surface area contributed by atoms with E-state index in [-0.39, 0.29) is 0 Å². The number of piperidine rings is 1. The molecule has 0 spiro atoms. The Bertz CT molecular complexity index is 762. The zero-order chi connectivity index (χ0) is 16.2. The first-order valence-electron chi connectivity index (χ1n) is 8.34. The zero-order valence-electron chi connectivity index (χ0n) is 13.5. The molecule has 1 fully saturated rings. The van der Waals surface area contributed by atoms with E-state index in [1.165, 1.54) is 5.56 Å². The maximum absolute atomic E-state index is 4.60. The molecule has 6 heteroatoms. The molecule has 0 bridgehead atoms.